The quantitative estimate of drug-likeness (QED) is 0.465. The summed E-state index contributed by atoms with van der Waals surface area (Å²) in [7, 11) is -4.13. The van der Waals surface area contributed by atoms with Gasteiger partial charge in [-0.3, -0.25) is 0 Å². The van der Waals surface area contributed by atoms with E-state index >= 15 is 4.39 Å². The lowest BCUT2D eigenvalue weighted by Gasteiger charge is -2.41. The van der Waals surface area contributed by atoms with E-state index in [1.54, 1.807) is 12.5 Å². The summed E-state index contributed by atoms with van der Waals surface area (Å²) in [6.07, 6.45) is 3.85. The van der Waals surface area contributed by atoms with Crippen LogP contribution in [-0.4, -0.2) is 55.0 Å². The van der Waals surface area contributed by atoms with Crippen LogP contribution in [0.2, 0.25) is 36.3 Å². The molecule has 1 fully saturated rings. The van der Waals surface area contributed by atoms with Crippen molar-refractivity contribution in [3.63, 3.8) is 0 Å². The third-order valence-corrected chi connectivity index (χ3v) is 17.0. The van der Waals surface area contributed by atoms with Gasteiger partial charge in [0.2, 0.25) is 0 Å². The van der Waals surface area contributed by atoms with Gasteiger partial charge in [0, 0.05) is 12.5 Å². The summed E-state index contributed by atoms with van der Waals surface area (Å²) in [6.45, 7) is 22.7. The van der Waals surface area contributed by atoms with Crippen LogP contribution in [0.3, 0.4) is 0 Å². The van der Waals surface area contributed by atoms with Crippen molar-refractivity contribution in [3.8, 4) is 0 Å². The summed E-state index contributed by atoms with van der Waals surface area (Å²) in [4.78, 5) is 12.8. The topological polar surface area (TPSA) is 62.1 Å². The molecule has 0 aromatic carbocycles. The van der Waals surface area contributed by atoms with E-state index in [4.69, 9.17) is 8.85 Å². The van der Waals surface area contributed by atoms with E-state index in [-0.39, 0.29) is 22.0 Å². The first-order valence-corrected chi connectivity index (χ1v) is 17.5. The second-order valence-corrected chi connectivity index (χ2v) is 21.9. The van der Waals surface area contributed by atoms with E-state index in [2.05, 4.69) is 82.7 Å². The van der Waals surface area contributed by atoms with Crippen LogP contribution in [-0.2, 0) is 8.85 Å². The van der Waals surface area contributed by atoms with E-state index in [1.807, 2.05) is 4.57 Å². The number of hydrogen-bond donors (Lipinski definition) is 0. The lowest BCUT2D eigenvalue weighted by molar-refractivity contribution is 0.0505. The van der Waals surface area contributed by atoms with Gasteiger partial charge in [-0.1, -0.05) is 41.5 Å². The summed E-state index contributed by atoms with van der Waals surface area (Å²) in [5.41, 5.74) is 1.35. The molecule has 3 rings (SSSR count). The first-order chi connectivity index (χ1) is 14.6. The maximum Gasteiger partial charge on any atom is 0.192 e. The van der Waals surface area contributed by atoms with Crippen molar-refractivity contribution in [1.29, 1.82) is 0 Å². The van der Waals surface area contributed by atoms with Crippen LogP contribution < -0.4 is 0 Å². The Kier molecular flexibility index (Phi) is 6.81. The van der Waals surface area contributed by atoms with Gasteiger partial charge in [0.1, 0.15) is 18.0 Å². The normalized spacial score (nSPS) is 25.6. The number of imidazole rings is 1. The van der Waals surface area contributed by atoms with Crippen molar-refractivity contribution >= 4 is 27.8 Å². The Morgan fingerprint density at radius 3 is 2.25 bits per heavy atom. The largest absolute Gasteiger partial charge is 0.416 e. The predicted molar refractivity (Wildman–Crippen MR) is 133 cm³/mol. The summed E-state index contributed by atoms with van der Waals surface area (Å²) in [6, 6.07) is -0.377. The fraction of sp³-hybridized carbons (Fsp3) is 0.783. The van der Waals surface area contributed by atoms with Crippen LogP contribution in [0, 0.1) is 5.92 Å². The molecule has 2 aromatic rings. The molecule has 0 bridgehead atoms. The van der Waals surface area contributed by atoms with E-state index in [0.29, 0.717) is 24.2 Å². The molecule has 6 nitrogen and oxygen atoms in total. The van der Waals surface area contributed by atoms with Crippen LogP contribution >= 0.6 is 0 Å². The highest BCUT2D eigenvalue weighted by atomic mass is 28.4. The third kappa shape index (κ3) is 4.85. The molecule has 0 saturated heterocycles. The Balaban J connectivity index is 1.91. The van der Waals surface area contributed by atoms with Crippen LogP contribution in [0.15, 0.2) is 18.9 Å². The molecule has 2 heterocycles. The average Bonchev–Trinajstić information content (AvgIpc) is 3.20. The van der Waals surface area contributed by atoms with Gasteiger partial charge < -0.3 is 13.4 Å². The molecule has 0 aliphatic heterocycles. The molecular formula is C23H41FN4O2Si2. The SMILES string of the molecule is CC(C)(C)[Si](C)(C)OC[C@H]1C[C@@H](n2cnc3cncnc32)[C@H](F)C1O[Si](C)(C)C(C)(C)C. The van der Waals surface area contributed by atoms with Gasteiger partial charge in [-0.25, -0.2) is 19.3 Å². The van der Waals surface area contributed by atoms with Gasteiger partial charge in [-0.2, -0.15) is 0 Å². The number of alkyl halides is 1. The molecule has 180 valence electrons. The van der Waals surface area contributed by atoms with E-state index in [9.17, 15) is 0 Å². The van der Waals surface area contributed by atoms with E-state index in [1.165, 1.54) is 6.33 Å². The number of rotatable bonds is 6. The molecule has 4 atom stereocenters. The molecule has 1 saturated carbocycles. The Morgan fingerprint density at radius 2 is 1.66 bits per heavy atom. The second-order valence-electron chi connectivity index (χ2n) is 12.3. The zero-order valence-electron chi connectivity index (χ0n) is 21.4. The Morgan fingerprint density at radius 1 is 1.03 bits per heavy atom. The van der Waals surface area contributed by atoms with Crippen molar-refractivity contribution in [3.05, 3.63) is 18.9 Å². The minimum atomic E-state index is -2.17. The van der Waals surface area contributed by atoms with Gasteiger partial charge in [-0.15, -0.1) is 0 Å². The minimum absolute atomic E-state index is 0.00454. The van der Waals surface area contributed by atoms with Crippen molar-refractivity contribution in [2.75, 3.05) is 6.61 Å². The second kappa shape index (κ2) is 8.56. The summed E-state index contributed by atoms with van der Waals surface area (Å²) < 4.78 is 31.3. The fourth-order valence-corrected chi connectivity index (χ4v) is 6.14. The minimum Gasteiger partial charge on any atom is -0.416 e. The van der Waals surface area contributed by atoms with Crippen LogP contribution in [0.4, 0.5) is 4.39 Å². The lowest BCUT2D eigenvalue weighted by atomic mass is 10.1. The molecule has 9 heteroatoms. The van der Waals surface area contributed by atoms with Gasteiger partial charge in [0.05, 0.1) is 24.7 Å². The number of aromatic nitrogens is 4. The summed E-state index contributed by atoms with van der Waals surface area (Å²) in [5, 5.41) is 0.109. The van der Waals surface area contributed by atoms with Crippen molar-refractivity contribution < 1.29 is 13.2 Å². The standard InChI is InChI=1S/C23H41FN4O2Si2/c1-22(2,3)31(7,8)29-13-16-11-18(28-15-27-17-12-25-14-26-21(17)28)19(24)20(16)30-32(9,10)23(4,5)6/h12,14-16,18-20H,11,13H2,1-10H3/t16-,18-,19+,20?/m1/s1. The van der Waals surface area contributed by atoms with Crippen LogP contribution in [0.1, 0.15) is 54.0 Å². The first-order valence-electron chi connectivity index (χ1n) is 11.6. The average molecular weight is 481 g/mol. The highest BCUT2D eigenvalue weighted by Gasteiger charge is 2.51. The molecule has 32 heavy (non-hydrogen) atoms. The number of hydrogen-bond acceptors (Lipinski definition) is 5. The molecular weight excluding hydrogens is 439 g/mol. The number of nitrogens with zero attached hydrogens (tertiary/aromatic N) is 4. The van der Waals surface area contributed by atoms with Crippen LogP contribution in [0.5, 0.6) is 0 Å². The van der Waals surface area contributed by atoms with Gasteiger partial charge in [0.25, 0.3) is 0 Å². The predicted octanol–water partition coefficient (Wildman–Crippen LogP) is 6.14. The van der Waals surface area contributed by atoms with Crippen molar-refractivity contribution in [2.24, 2.45) is 5.92 Å². The number of fused-ring (bicyclic) bond motifs is 1. The van der Waals surface area contributed by atoms with Crippen molar-refractivity contribution in [2.45, 2.75) is 103 Å². The zero-order valence-corrected chi connectivity index (χ0v) is 23.4. The maximum atomic E-state index is 16.1. The molecule has 0 spiro atoms. The third-order valence-electron chi connectivity index (χ3n) is 7.99. The number of halogens is 1. The Labute approximate surface area is 194 Å². The molecule has 0 radical (unpaired) electrons. The maximum absolute atomic E-state index is 16.1. The summed E-state index contributed by atoms with van der Waals surface area (Å²) >= 11 is 0. The smallest absolute Gasteiger partial charge is 0.192 e. The summed E-state index contributed by atoms with van der Waals surface area (Å²) in [5.74, 6) is -0.0162. The Bertz CT molecular complexity index is 936. The fourth-order valence-electron chi connectivity index (χ4n) is 3.72. The molecule has 1 aliphatic rings. The lowest BCUT2D eigenvalue weighted by Crippen LogP contribution is -2.48. The van der Waals surface area contributed by atoms with Gasteiger partial charge in [-0.05, 0) is 42.7 Å². The van der Waals surface area contributed by atoms with Crippen molar-refractivity contribution in [1.82, 2.24) is 19.5 Å². The van der Waals surface area contributed by atoms with Crippen LogP contribution in [0.25, 0.3) is 11.2 Å². The van der Waals surface area contributed by atoms with E-state index in [0.717, 1.165) is 0 Å². The molecule has 1 aliphatic carbocycles. The molecule has 0 amide bonds. The monoisotopic (exact) mass is 480 g/mol. The first kappa shape index (κ1) is 25.5. The van der Waals surface area contributed by atoms with Gasteiger partial charge >= 0.3 is 0 Å². The molecule has 2 aromatic heterocycles. The molecule has 1 unspecified atom stereocenters. The Hall–Kier alpha value is -1.17. The molecule has 0 N–H and O–H groups in total. The highest BCUT2D eigenvalue weighted by molar-refractivity contribution is 6.74. The highest BCUT2D eigenvalue weighted by Crippen LogP contribution is 2.46. The van der Waals surface area contributed by atoms with Gasteiger partial charge in [0.15, 0.2) is 22.3 Å². The van der Waals surface area contributed by atoms with E-state index < -0.39 is 28.9 Å². The zero-order chi connectivity index (χ0) is 24.1.